The normalized spacial score (nSPS) is 18.2. The van der Waals surface area contributed by atoms with Crippen molar-refractivity contribution in [2.75, 3.05) is 6.54 Å². The van der Waals surface area contributed by atoms with Crippen molar-refractivity contribution in [1.29, 1.82) is 0 Å². The summed E-state index contributed by atoms with van der Waals surface area (Å²) in [7, 11) is 0. The molecule has 0 bridgehead atoms. The minimum Gasteiger partial charge on any atom is -0.344 e. The fraction of sp³-hybridized carbons (Fsp3) is 0.400. The molecule has 0 aliphatic carbocycles. The smallest absolute Gasteiger partial charge is 0.260 e. The number of amides is 1. The van der Waals surface area contributed by atoms with Crippen molar-refractivity contribution in [3.63, 3.8) is 0 Å². The number of hydrogen-bond acceptors (Lipinski definition) is 3. The lowest BCUT2D eigenvalue weighted by molar-refractivity contribution is 0.0728. The SMILES string of the molecule is Cc1cnc(C2CCCN2C(=O)c2ccc(C)[nH]c2=O)[nH]1. The highest BCUT2D eigenvalue weighted by Crippen LogP contribution is 2.31. The Morgan fingerprint density at radius 1 is 1.29 bits per heavy atom. The number of rotatable bonds is 2. The molecule has 110 valence electrons. The summed E-state index contributed by atoms with van der Waals surface area (Å²) in [5, 5.41) is 0. The summed E-state index contributed by atoms with van der Waals surface area (Å²) in [6, 6.07) is 3.27. The van der Waals surface area contributed by atoms with E-state index in [4.69, 9.17) is 0 Å². The van der Waals surface area contributed by atoms with Gasteiger partial charge in [0.15, 0.2) is 0 Å². The molecule has 2 N–H and O–H groups in total. The number of carbonyl (C=O) groups excluding carboxylic acids is 1. The maximum Gasteiger partial charge on any atom is 0.260 e. The van der Waals surface area contributed by atoms with Crippen molar-refractivity contribution in [1.82, 2.24) is 19.9 Å². The molecule has 2 aromatic heterocycles. The van der Waals surface area contributed by atoms with Crippen LogP contribution in [0.4, 0.5) is 0 Å². The molecular weight excluding hydrogens is 268 g/mol. The van der Waals surface area contributed by atoms with Gasteiger partial charge >= 0.3 is 0 Å². The molecule has 3 rings (SSSR count). The number of H-pyrrole nitrogens is 2. The van der Waals surface area contributed by atoms with Gasteiger partial charge in [-0.3, -0.25) is 9.59 Å². The zero-order chi connectivity index (χ0) is 15.0. The zero-order valence-corrected chi connectivity index (χ0v) is 12.1. The molecule has 1 aliphatic rings. The van der Waals surface area contributed by atoms with Crippen molar-refractivity contribution in [2.45, 2.75) is 32.7 Å². The van der Waals surface area contributed by atoms with Crippen molar-refractivity contribution in [2.24, 2.45) is 0 Å². The second-order valence-corrected chi connectivity index (χ2v) is 5.49. The van der Waals surface area contributed by atoms with Crippen molar-refractivity contribution >= 4 is 5.91 Å². The van der Waals surface area contributed by atoms with E-state index in [-0.39, 0.29) is 23.1 Å². The van der Waals surface area contributed by atoms with Crippen LogP contribution in [0.25, 0.3) is 0 Å². The van der Waals surface area contributed by atoms with Gasteiger partial charge in [0.05, 0.1) is 6.04 Å². The molecule has 1 aliphatic heterocycles. The van der Waals surface area contributed by atoms with Crippen molar-refractivity contribution in [3.05, 3.63) is 51.5 Å². The lowest BCUT2D eigenvalue weighted by Crippen LogP contribution is -2.34. The highest BCUT2D eigenvalue weighted by Gasteiger charge is 2.33. The van der Waals surface area contributed by atoms with Gasteiger partial charge < -0.3 is 14.9 Å². The number of nitrogens with zero attached hydrogens (tertiary/aromatic N) is 2. The molecule has 1 saturated heterocycles. The van der Waals surface area contributed by atoms with Crippen molar-refractivity contribution < 1.29 is 4.79 Å². The molecular formula is C15H18N4O2. The van der Waals surface area contributed by atoms with Gasteiger partial charge in [0, 0.05) is 24.1 Å². The Morgan fingerprint density at radius 2 is 2.10 bits per heavy atom. The molecule has 1 amide bonds. The first-order valence-corrected chi connectivity index (χ1v) is 7.08. The van der Waals surface area contributed by atoms with E-state index in [1.54, 1.807) is 30.2 Å². The van der Waals surface area contributed by atoms with E-state index in [1.807, 2.05) is 6.92 Å². The lowest BCUT2D eigenvalue weighted by atomic mass is 10.2. The summed E-state index contributed by atoms with van der Waals surface area (Å²) in [5.74, 6) is 0.565. The third-order valence-electron chi connectivity index (χ3n) is 3.84. The number of carbonyl (C=O) groups is 1. The highest BCUT2D eigenvalue weighted by atomic mass is 16.2. The number of aromatic nitrogens is 3. The Labute approximate surface area is 122 Å². The molecule has 1 unspecified atom stereocenters. The molecule has 6 nitrogen and oxygen atoms in total. The average molecular weight is 286 g/mol. The average Bonchev–Trinajstić information content (AvgIpc) is 3.06. The van der Waals surface area contributed by atoms with Gasteiger partial charge in [-0.25, -0.2) is 4.98 Å². The fourth-order valence-corrected chi connectivity index (χ4v) is 2.79. The molecule has 0 saturated carbocycles. The van der Waals surface area contributed by atoms with Gasteiger partial charge in [-0.2, -0.15) is 0 Å². The first-order chi connectivity index (χ1) is 10.1. The molecule has 6 heteroatoms. The standard InChI is InChI=1S/C15H18N4O2/c1-9-5-6-11(14(20)18-9)15(21)19-7-3-4-12(19)13-16-8-10(2)17-13/h5-6,8,12H,3-4,7H2,1-2H3,(H,16,17)(H,18,20). The van der Waals surface area contributed by atoms with E-state index in [1.165, 1.54) is 0 Å². The monoisotopic (exact) mass is 286 g/mol. The number of pyridine rings is 1. The predicted molar refractivity (Wildman–Crippen MR) is 78.1 cm³/mol. The molecule has 3 heterocycles. The molecule has 21 heavy (non-hydrogen) atoms. The van der Waals surface area contributed by atoms with Gasteiger partial charge in [-0.05, 0) is 38.8 Å². The molecule has 0 aromatic carbocycles. The number of hydrogen-bond donors (Lipinski definition) is 2. The third kappa shape index (κ3) is 2.49. The van der Waals surface area contributed by atoms with Crippen molar-refractivity contribution in [3.8, 4) is 0 Å². The number of likely N-dealkylation sites (tertiary alicyclic amines) is 1. The quantitative estimate of drug-likeness (QED) is 0.881. The van der Waals surface area contributed by atoms with Gasteiger partial charge in [0.25, 0.3) is 11.5 Å². The largest absolute Gasteiger partial charge is 0.344 e. The molecule has 0 radical (unpaired) electrons. The Balaban J connectivity index is 1.91. The minimum atomic E-state index is -0.332. The van der Waals surface area contributed by atoms with E-state index >= 15 is 0 Å². The maximum atomic E-state index is 12.6. The Bertz CT molecular complexity index is 731. The second-order valence-electron chi connectivity index (χ2n) is 5.49. The highest BCUT2D eigenvalue weighted by molar-refractivity contribution is 5.94. The molecule has 2 aromatic rings. The molecule has 1 fully saturated rings. The van der Waals surface area contributed by atoms with E-state index in [9.17, 15) is 9.59 Å². The van der Waals surface area contributed by atoms with Crippen LogP contribution in [0, 0.1) is 13.8 Å². The maximum absolute atomic E-state index is 12.6. The zero-order valence-electron chi connectivity index (χ0n) is 12.1. The first-order valence-electron chi connectivity index (χ1n) is 7.08. The van der Waals surface area contributed by atoms with E-state index < -0.39 is 0 Å². The lowest BCUT2D eigenvalue weighted by Gasteiger charge is -2.23. The van der Waals surface area contributed by atoms with Crippen LogP contribution < -0.4 is 5.56 Å². The van der Waals surface area contributed by atoms with Crippen LogP contribution in [0.5, 0.6) is 0 Å². The van der Waals surface area contributed by atoms with Crippen LogP contribution in [0.15, 0.2) is 23.1 Å². The van der Waals surface area contributed by atoms with Crippen LogP contribution >= 0.6 is 0 Å². The van der Waals surface area contributed by atoms with Crippen LogP contribution in [-0.4, -0.2) is 32.3 Å². The topological polar surface area (TPSA) is 81.8 Å². The summed E-state index contributed by atoms with van der Waals surface area (Å²) in [5.41, 5.74) is 1.57. The van der Waals surface area contributed by atoms with Gasteiger partial charge in [0.1, 0.15) is 11.4 Å². The number of aromatic amines is 2. The summed E-state index contributed by atoms with van der Waals surface area (Å²) in [6.07, 6.45) is 3.54. The predicted octanol–water partition coefficient (Wildman–Crippen LogP) is 1.69. The Kier molecular flexibility index (Phi) is 3.37. The second kappa shape index (κ2) is 5.20. The summed E-state index contributed by atoms with van der Waals surface area (Å²) >= 11 is 0. The van der Waals surface area contributed by atoms with E-state index in [0.717, 1.165) is 30.1 Å². The van der Waals surface area contributed by atoms with Crippen LogP contribution in [0.2, 0.25) is 0 Å². The summed E-state index contributed by atoms with van der Waals surface area (Å²) < 4.78 is 0. The third-order valence-corrected chi connectivity index (χ3v) is 3.84. The number of imidazole rings is 1. The Hall–Kier alpha value is -2.37. The minimum absolute atomic E-state index is 0.0769. The van der Waals surface area contributed by atoms with E-state index in [2.05, 4.69) is 15.0 Å². The van der Waals surface area contributed by atoms with Crippen LogP contribution in [0.3, 0.4) is 0 Å². The fourth-order valence-electron chi connectivity index (χ4n) is 2.79. The first kappa shape index (κ1) is 13.6. The Morgan fingerprint density at radius 3 is 2.76 bits per heavy atom. The molecule has 1 atom stereocenters. The number of aryl methyl sites for hydroxylation is 2. The summed E-state index contributed by atoms with van der Waals surface area (Å²) in [6.45, 7) is 4.37. The van der Waals surface area contributed by atoms with Gasteiger partial charge in [0.2, 0.25) is 0 Å². The van der Waals surface area contributed by atoms with Crippen LogP contribution in [0.1, 0.15) is 46.5 Å². The summed E-state index contributed by atoms with van der Waals surface area (Å²) in [4.78, 5) is 36.5. The molecule has 0 spiro atoms. The van der Waals surface area contributed by atoms with Gasteiger partial charge in [-0.1, -0.05) is 0 Å². The van der Waals surface area contributed by atoms with Crippen LogP contribution in [-0.2, 0) is 0 Å². The number of nitrogens with one attached hydrogen (secondary N) is 2. The van der Waals surface area contributed by atoms with E-state index in [0.29, 0.717) is 6.54 Å². The van der Waals surface area contributed by atoms with Gasteiger partial charge in [-0.15, -0.1) is 0 Å².